The fourth-order valence-electron chi connectivity index (χ4n) is 1.84. The summed E-state index contributed by atoms with van der Waals surface area (Å²) in [4.78, 5) is 0. The molecule has 0 aromatic heterocycles. The molecular formula is C16H22OSSe. The maximum absolute atomic E-state index is 10.5. The molecule has 0 aliphatic heterocycles. The zero-order valence-corrected chi connectivity index (χ0v) is 13.9. The molecule has 104 valence electrons. The molecular weight excluding hydrogens is 319 g/mol. The molecule has 0 aliphatic rings. The third-order valence-corrected chi connectivity index (χ3v) is 5.44. The summed E-state index contributed by atoms with van der Waals surface area (Å²) in [7, 11) is 0. The third kappa shape index (κ3) is 5.66. The van der Waals surface area contributed by atoms with Crippen molar-refractivity contribution >= 4 is 31.1 Å². The van der Waals surface area contributed by atoms with Crippen LogP contribution in [0.25, 0.3) is 0 Å². The summed E-state index contributed by atoms with van der Waals surface area (Å²) in [5.41, 5.74) is 0.971. The zero-order valence-electron chi connectivity index (χ0n) is 11.4. The van der Waals surface area contributed by atoms with Crippen LogP contribution in [0.4, 0.5) is 0 Å². The number of unbranched alkanes of at least 4 members (excludes halogenated alkanes) is 1. The molecule has 0 amide bonds. The number of hydrogen-bond acceptors (Lipinski definition) is 2. The molecule has 1 rings (SSSR count). The molecule has 0 spiro atoms. The van der Waals surface area contributed by atoms with Gasteiger partial charge in [-0.3, -0.25) is 0 Å². The van der Waals surface area contributed by atoms with Crippen molar-refractivity contribution in [3.63, 3.8) is 0 Å². The van der Waals surface area contributed by atoms with Crippen LogP contribution in [-0.2, 0) is 0 Å². The van der Waals surface area contributed by atoms with Crippen molar-refractivity contribution in [2.24, 2.45) is 5.92 Å². The van der Waals surface area contributed by atoms with E-state index in [9.17, 15) is 5.11 Å². The quantitative estimate of drug-likeness (QED) is 0.419. The number of hydrogen-bond donors (Lipinski definition) is 1. The molecule has 19 heavy (non-hydrogen) atoms. The second-order valence-corrected chi connectivity index (χ2v) is 7.15. The molecule has 1 aromatic carbocycles. The van der Waals surface area contributed by atoms with Crippen LogP contribution in [0, 0.1) is 5.92 Å². The first kappa shape index (κ1) is 16.7. The van der Waals surface area contributed by atoms with Crippen molar-refractivity contribution < 1.29 is 5.11 Å². The first-order valence-electron chi connectivity index (χ1n) is 6.71. The Kier molecular flexibility index (Phi) is 8.40. The van der Waals surface area contributed by atoms with Crippen LogP contribution >= 0.6 is 11.8 Å². The van der Waals surface area contributed by atoms with Gasteiger partial charge >= 0.3 is 129 Å². The predicted molar refractivity (Wildman–Crippen MR) is 87.8 cm³/mol. The van der Waals surface area contributed by atoms with E-state index in [0.29, 0.717) is 0 Å². The van der Waals surface area contributed by atoms with Gasteiger partial charge in [0.1, 0.15) is 0 Å². The summed E-state index contributed by atoms with van der Waals surface area (Å²) in [6, 6.07) is 9.85. The van der Waals surface area contributed by atoms with Crippen molar-refractivity contribution in [2.45, 2.75) is 32.3 Å². The van der Waals surface area contributed by atoms with Crippen LogP contribution < -0.4 is 0 Å². The van der Waals surface area contributed by atoms with Gasteiger partial charge in [-0.2, -0.15) is 0 Å². The monoisotopic (exact) mass is 342 g/mol. The molecule has 0 radical (unpaired) electrons. The summed E-state index contributed by atoms with van der Waals surface area (Å²) < 4.78 is 1.18. The van der Waals surface area contributed by atoms with Crippen LogP contribution in [0.3, 0.4) is 0 Å². The normalized spacial score (nSPS) is 13.8. The summed E-state index contributed by atoms with van der Waals surface area (Å²) in [5, 5.41) is 10.5. The molecule has 1 nitrogen and oxygen atoms in total. The molecule has 1 aromatic rings. The second kappa shape index (κ2) is 9.55. The molecule has 0 saturated carbocycles. The molecule has 0 bridgehead atoms. The van der Waals surface area contributed by atoms with Crippen molar-refractivity contribution in [3.05, 3.63) is 48.6 Å². The molecule has 1 N–H and O–H groups in total. The van der Waals surface area contributed by atoms with E-state index in [1.54, 1.807) is 0 Å². The van der Waals surface area contributed by atoms with E-state index in [-0.39, 0.29) is 5.92 Å². The number of aliphatic hydroxyl groups is 1. The van der Waals surface area contributed by atoms with Gasteiger partial charge in [-0.15, -0.1) is 0 Å². The minimum atomic E-state index is -0.468. The Morgan fingerprint density at radius 2 is 2.11 bits per heavy atom. The van der Waals surface area contributed by atoms with E-state index in [1.165, 1.54) is 16.6 Å². The first-order chi connectivity index (χ1) is 9.20. The fourth-order valence-corrected chi connectivity index (χ4v) is 3.91. The van der Waals surface area contributed by atoms with Crippen LogP contribution in [0.2, 0.25) is 0 Å². The van der Waals surface area contributed by atoms with E-state index >= 15 is 0 Å². The molecule has 0 aliphatic carbocycles. The van der Waals surface area contributed by atoms with Gasteiger partial charge in [0.05, 0.1) is 0 Å². The zero-order chi connectivity index (χ0) is 14.1. The van der Waals surface area contributed by atoms with Crippen molar-refractivity contribution in [1.29, 1.82) is 0 Å². The average molecular weight is 341 g/mol. The van der Waals surface area contributed by atoms with Crippen LogP contribution in [0.15, 0.2) is 43.0 Å². The fraction of sp³-hybridized carbons (Fsp3) is 0.438. The van der Waals surface area contributed by atoms with E-state index in [0.717, 1.165) is 17.7 Å². The van der Waals surface area contributed by atoms with E-state index in [4.69, 9.17) is 0 Å². The number of thioether (sulfide) groups is 1. The molecule has 0 heterocycles. The van der Waals surface area contributed by atoms with Gasteiger partial charge in [0, 0.05) is 0 Å². The molecule has 0 unspecified atom stereocenters. The Balaban J connectivity index is 2.70. The van der Waals surface area contributed by atoms with E-state index in [2.05, 4.69) is 29.1 Å². The van der Waals surface area contributed by atoms with E-state index < -0.39 is 6.10 Å². The molecule has 3 heteroatoms. The van der Waals surface area contributed by atoms with Gasteiger partial charge in [0.2, 0.25) is 0 Å². The standard InChI is InChI=1S/C16H22OSSe/c1-3-5-12-18-16(19)14(9-4-2)15(17)13-10-7-6-8-11-13/h4,6-8,10-11,14-15,17H,2-3,5,9,12H2,1H3/t14-,15-/m0/s1. The van der Waals surface area contributed by atoms with Gasteiger partial charge in [-0.05, 0) is 0 Å². The van der Waals surface area contributed by atoms with Gasteiger partial charge in [0.25, 0.3) is 0 Å². The Morgan fingerprint density at radius 1 is 1.42 bits per heavy atom. The average Bonchev–Trinajstić information content (AvgIpc) is 2.45. The predicted octanol–water partition coefficient (Wildman–Crippen LogP) is 3.74. The SMILES string of the molecule is C=CC[C@H](C(=[Se])SCCCC)[C@@H](O)c1ccccc1. The van der Waals surface area contributed by atoms with Crippen molar-refractivity contribution in [3.8, 4) is 0 Å². The summed E-state index contributed by atoms with van der Waals surface area (Å²) in [6.07, 6.45) is 4.61. The topological polar surface area (TPSA) is 20.2 Å². The maximum atomic E-state index is 10.5. The third-order valence-electron chi connectivity index (χ3n) is 2.99. The van der Waals surface area contributed by atoms with Crippen LogP contribution in [-0.4, -0.2) is 30.2 Å². The van der Waals surface area contributed by atoms with Gasteiger partial charge in [-0.1, -0.05) is 0 Å². The first-order valence-corrected chi connectivity index (χ1v) is 8.55. The van der Waals surface area contributed by atoms with Crippen LogP contribution in [0.1, 0.15) is 37.9 Å². The van der Waals surface area contributed by atoms with Crippen molar-refractivity contribution in [1.82, 2.24) is 0 Å². The number of aliphatic hydroxyl groups excluding tert-OH is 1. The minimum absolute atomic E-state index is 0.0988. The Morgan fingerprint density at radius 3 is 2.68 bits per heavy atom. The van der Waals surface area contributed by atoms with Gasteiger partial charge < -0.3 is 0 Å². The number of benzene rings is 1. The van der Waals surface area contributed by atoms with Crippen molar-refractivity contribution in [2.75, 3.05) is 5.75 Å². The van der Waals surface area contributed by atoms with E-state index in [1.807, 2.05) is 48.2 Å². The summed E-state index contributed by atoms with van der Waals surface area (Å²) in [6.45, 7) is 6.00. The Bertz CT molecular complexity index is 391. The van der Waals surface area contributed by atoms with Crippen LogP contribution in [0.5, 0.6) is 0 Å². The van der Waals surface area contributed by atoms with Gasteiger partial charge in [-0.25, -0.2) is 0 Å². The van der Waals surface area contributed by atoms with Gasteiger partial charge in [0.15, 0.2) is 0 Å². The Hall–Kier alpha value is -0.341. The second-order valence-electron chi connectivity index (χ2n) is 4.51. The number of rotatable bonds is 9. The molecule has 0 saturated heterocycles. The molecule has 0 fully saturated rings. The summed E-state index contributed by atoms with van der Waals surface area (Å²) >= 11 is 4.97. The number of allylic oxidation sites excluding steroid dienone is 1. The Labute approximate surface area is 128 Å². The molecule has 2 atom stereocenters. The summed E-state index contributed by atoms with van der Waals surface area (Å²) in [5.74, 6) is 1.20.